The second-order valence-corrected chi connectivity index (χ2v) is 7.52. The fourth-order valence-electron chi connectivity index (χ4n) is 2.34. The van der Waals surface area contributed by atoms with Crippen LogP contribution in [0, 0.1) is 10.1 Å². The second kappa shape index (κ2) is 8.69. The molecule has 144 valence electrons. The minimum atomic E-state index is -3.55. The van der Waals surface area contributed by atoms with Gasteiger partial charge in [-0.05, 0) is 36.8 Å². The number of anilines is 1. The van der Waals surface area contributed by atoms with E-state index in [1.807, 2.05) is 0 Å². The quantitative estimate of drug-likeness (QED) is 0.420. The van der Waals surface area contributed by atoms with Crippen molar-refractivity contribution < 1.29 is 13.3 Å². The highest BCUT2D eigenvalue weighted by atomic mass is 32.2. The molecular formula is C17H21N5O4S. The van der Waals surface area contributed by atoms with E-state index in [-0.39, 0.29) is 10.6 Å². The Kier molecular flexibility index (Phi) is 6.59. The number of hydrogen-bond donors (Lipinski definition) is 1. The SMILES string of the molecule is CCN(CC)S(=O)(=O)c1ccc(N/N=C(/C)c2ccc([N+](=O)[O-])cc2)nc1. The molecule has 1 heterocycles. The van der Waals surface area contributed by atoms with Crippen molar-refractivity contribution >= 4 is 27.2 Å². The largest absolute Gasteiger partial charge is 0.269 e. The zero-order valence-corrected chi connectivity index (χ0v) is 16.1. The van der Waals surface area contributed by atoms with Crippen LogP contribution in [0.15, 0.2) is 52.6 Å². The number of pyridine rings is 1. The lowest BCUT2D eigenvalue weighted by molar-refractivity contribution is -0.384. The third-order valence-electron chi connectivity index (χ3n) is 3.91. The molecule has 0 spiro atoms. The molecule has 9 nitrogen and oxygen atoms in total. The molecule has 2 rings (SSSR count). The number of non-ortho nitro benzene ring substituents is 1. The highest BCUT2D eigenvalue weighted by molar-refractivity contribution is 7.89. The van der Waals surface area contributed by atoms with Crippen molar-refractivity contribution in [3.8, 4) is 0 Å². The zero-order valence-electron chi connectivity index (χ0n) is 15.3. The highest BCUT2D eigenvalue weighted by Gasteiger charge is 2.21. The van der Waals surface area contributed by atoms with E-state index < -0.39 is 14.9 Å². The number of nitro groups is 1. The van der Waals surface area contributed by atoms with Gasteiger partial charge in [0, 0.05) is 31.4 Å². The van der Waals surface area contributed by atoms with Gasteiger partial charge < -0.3 is 0 Å². The van der Waals surface area contributed by atoms with Gasteiger partial charge in [0.25, 0.3) is 5.69 Å². The minimum Gasteiger partial charge on any atom is -0.261 e. The third-order valence-corrected chi connectivity index (χ3v) is 5.95. The molecule has 2 aromatic rings. The lowest BCUT2D eigenvalue weighted by Gasteiger charge is -2.18. The van der Waals surface area contributed by atoms with Crippen LogP contribution in [0.1, 0.15) is 26.3 Å². The number of nitrogens with one attached hydrogen (secondary N) is 1. The van der Waals surface area contributed by atoms with Gasteiger partial charge in [0.05, 0.1) is 10.6 Å². The predicted molar refractivity (Wildman–Crippen MR) is 103 cm³/mol. The molecule has 0 unspecified atom stereocenters. The number of nitrogens with zero attached hydrogens (tertiary/aromatic N) is 4. The summed E-state index contributed by atoms with van der Waals surface area (Å²) in [6.45, 7) is 6.07. The maximum Gasteiger partial charge on any atom is 0.269 e. The lowest BCUT2D eigenvalue weighted by atomic mass is 10.1. The molecule has 0 bridgehead atoms. The Hall–Kier alpha value is -2.85. The standard InChI is InChI=1S/C17H21N5O4S/c1-4-21(5-2)27(25,26)16-10-11-17(18-12-16)20-19-13(3)14-6-8-15(9-7-14)22(23)24/h6-12H,4-5H2,1-3H3,(H,18,20)/b19-13-. The Bertz CT molecular complexity index is 921. The zero-order chi connectivity index (χ0) is 20.0. The molecular weight excluding hydrogens is 370 g/mol. The van der Waals surface area contributed by atoms with Gasteiger partial charge in [-0.25, -0.2) is 13.4 Å². The van der Waals surface area contributed by atoms with Crippen molar-refractivity contribution in [2.75, 3.05) is 18.5 Å². The van der Waals surface area contributed by atoms with Crippen LogP contribution >= 0.6 is 0 Å². The average molecular weight is 391 g/mol. The van der Waals surface area contributed by atoms with Gasteiger partial charge in [-0.3, -0.25) is 15.5 Å². The van der Waals surface area contributed by atoms with Gasteiger partial charge in [0.2, 0.25) is 10.0 Å². The molecule has 0 aliphatic rings. The van der Waals surface area contributed by atoms with Crippen molar-refractivity contribution in [2.45, 2.75) is 25.7 Å². The van der Waals surface area contributed by atoms with E-state index in [4.69, 9.17) is 0 Å². The van der Waals surface area contributed by atoms with Crippen LogP contribution in [-0.4, -0.2) is 41.4 Å². The normalized spacial score (nSPS) is 12.2. The van der Waals surface area contributed by atoms with Crippen LogP contribution in [0.2, 0.25) is 0 Å². The van der Waals surface area contributed by atoms with Gasteiger partial charge in [-0.1, -0.05) is 13.8 Å². The van der Waals surface area contributed by atoms with E-state index >= 15 is 0 Å². The number of aromatic nitrogens is 1. The summed E-state index contributed by atoms with van der Waals surface area (Å²) >= 11 is 0. The maximum absolute atomic E-state index is 12.4. The maximum atomic E-state index is 12.4. The van der Waals surface area contributed by atoms with Crippen LogP contribution < -0.4 is 5.43 Å². The topological polar surface area (TPSA) is 118 Å². The highest BCUT2D eigenvalue weighted by Crippen LogP contribution is 2.16. The summed E-state index contributed by atoms with van der Waals surface area (Å²) in [5.41, 5.74) is 4.08. The summed E-state index contributed by atoms with van der Waals surface area (Å²) in [6, 6.07) is 9.01. The molecule has 1 N–H and O–H groups in total. The molecule has 0 atom stereocenters. The number of benzene rings is 1. The molecule has 0 saturated carbocycles. The second-order valence-electron chi connectivity index (χ2n) is 5.58. The molecule has 27 heavy (non-hydrogen) atoms. The van der Waals surface area contributed by atoms with Crippen LogP contribution in [0.4, 0.5) is 11.5 Å². The number of rotatable bonds is 8. The molecule has 0 saturated heterocycles. The molecule has 0 aliphatic carbocycles. The monoisotopic (exact) mass is 391 g/mol. The van der Waals surface area contributed by atoms with E-state index in [1.54, 1.807) is 32.9 Å². The van der Waals surface area contributed by atoms with Gasteiger partial charge in [-0.15, -0.1) is 0 Å². The first-order valence-corrected chi connectivity index (χ1v) is 9.75. The lowest BCUT2D eigenvalue weighted by Crippen LogP contribution is -2.30. The summed E-state index contributed by atoms with van der Waals surface area (Å²) < 4.78 is 26.2. The molecule has 1 aromatic carbocycles. The summed E-state index contributed by atoms with van der Waals surface area (Å²) in [4.78, 5) is 14.4. The Morgan fingerprint density at radius 1 is 1.19 bits per heavy atom. The minimum absolute atomic E-state index is 0.00572. The van der Waals surface area contributed by atoms with Gasteiger partial charge in [0.1, 0.15) is 10.7 Å². The Morgan fingerprint density at radius 3 is 2.30 bits per heavy atom. The molecule has 0 amide bonds. The first-order chi connectivity index (χ1) is 12.8. The molecule has 0 radical (unpaired) electrons. The summed E-state index contributed by atoms with van der Waals surface area (Å²) in [5, 5.41) is 14.9. The van der Waals surface area contributed by atoms with E-state index in [2.05, 4.69) is 15.5 Å². The smallest absolute Gasteiger partial charge is 0.261 e. The Balaban J connectivity index is 2.12. The molecule has 0 aliphatic heterocycles. The van der Waals surface area contributed by atoms with Crippen molar-refractivity contribution in [1.29, 1.82) is 0 Å². The van der Waals surface area contributed by atoms with Crippen molar-refractivity contribution in [2.24, 2.45) is 5.10 Å². The first-order valence-electron chi connectivity index (χ1n) is 8.31. The fraction of sp³-hybridized carbons (Fsp3) is 0.294. The van der Waals surface area contributed by atoms with E-state index in [0.717, 1.165) is 0 Å². The van der Waals surface area contributed by atoms with Gasteiger partial charge >= 0.3 is 0 Å². The van der Waals surface area contributed by atoms with Crippen molar-refractivity contribution in [1.82, 2.24) is 9.29 Å². The third kappa shape index (κ3) is 4.86. The van der Waals surface area contributed by atoms with Gasteiger partial charge in [-0.2, -0.15) is 9.41 Å². The van der Waals surface area contributed by atoms with E-state index in [9.17, 15) is 18.5 Å². The van der Waals surface area contributed by atoms with Crippen molar-refractivity contribution in [3.63, 3.8) is 0 Å². The summed E-state index contributed by atoms with van der Waals surface area (Å²) in [5.74, 6) is 0.384. The predicted octanol–water partition coefficient (Wildman–Crippen LogP) is 2.86. The van der Waals surface area contributed by atoms with Crippen LogP contribution in [0.25, 0.3) is 0 Å². The van der Waals surface area contributed by atoms with Gasteiger partial charge in [0.15, 0.2) is 0 Å². The van der Waals surface area contributed by atoms with E-state index in [1.165, 1.54) is 34.8 Å². The summed E-state index contributed by atoms with van der Waals surface area (Å²) in [6.07, 6.45) is 1.28. The van der Waals surface area contributed by atoms with Crippen LogP contribution in [0.5, 0.6) is 0 Å². The number of sulfonamides is 1. The van der Waals surface area contributed by atoms with Crippen LogP contribution in [-0.2, 0) is 10.0 Å². The average Bonchev–Trinajstić information content (AvgIpc) is 2.67. The number of nitro benzene ring substituents is 1. The Labute approximate surface area is 157 Å². The van der Waals surface area contributed by atoms with E-state index in [0.29, 0.717) is 30.2 Å². The molecule has 10 heteroatoms. The number of hydrogen-bond acceptors (Lipinski definition) is 7. The first kappa shape index (κ1) is 20.5. The van der Waals surface area contributed by atoms with Crippen molar-refractivity contribution in [3.05, 3.63) is 58.3 Å². The molecule has 1 aromatic heterocycles. The molecule has 0 fully saturated rings. The Morgan fingerprint density at radius 2 is 1.81 bits per heavy atom. The fourth-order valence-corrected chi connectivity index (χ4v) is 3.75. The summed E-state index contributed by atoms with van der Waals surface area (Å²) in [7, 11) is -3.55. The number of hydrazone groups is 1. The van der Waals surface area contributed by atoms with Crippen LogP contribution in [0.3, 0.4) is 0 Å².